The van der Waals surface area contributed by atoms with Gasteiger partial charge >= 0.3 is 0 Å². The van der Waals surface area contributed by atoms with Crippen LogP contribution in [0.15, 0.2) is 47.7 Å². The minimum absolute atomic E-state index is 0.870. The lowest BCUT2D eigenvalue weighted by Gasteiger charge is -2.11. The van der Waals surface area contributed by atoms with E-state index in [0.29, 0.717) is 0 Å². The lowest BCUT2D eigenvalue weighted by molar-refractivity contribution is 0.794. The average Bonchev–Trinajstić information content (AvgIpc) is 3.14. The number of benzene rings is 1. The minimum Gasteiger partial charge on any atom is -0.357 e. The van der Waals surface area contributed by atoms with Crippen molar-refractivity contribution in [3.8, 4) is 5.69 Å². The van der Waals surface area contributed by atoms with Gasteiger partial charge in [0.15, 0.2) is 5.96 Å². The summed E-state index contributed by atoms with van der Waals surface area (Å²) >= 11 is 1.87. The van der Waals surface area contributed by atoms with Gasteiger partial charge in [-0.25, -0.2) is 4.68 Å². The normalized spacial score (nSPS) is 11.5. The Hall–Kier alpha value is -1.95. The van der Waals surface area contributed by atoms with Crippen molar-refractivity contribution in [3.63, 3.8) is 0 Å². The summed E-state index contributed by atoms with van der Waals surface area (Å²) in [6.07, 6.45) is 7.96. The number of hydrogen-bond acceptors (Lipinski definition) is 3. The summed E-state index contributed by atoms with van der Waals surface area (Å²) in [6.45, 7) is 4.71. The largest absolute Gasteiger partial charge is 0.357 e. The Morgan fingerprint density at radius 1 is 1.25 bits per heavy atom. The van der Waals surface area contributed by atoms with Gasteiger partial charge in [0.25, 0.3) is 0 Å². The fourth-order valence-electron chi connectivity index (χ4n) is 2.30. The van der Waals surface area contributed by atoms with Gasteiger partial charge < -0.3 is 10.6 Å². The summed E-state index contributed by atoms with van der Waals surface area (Å²) < 4.78 is 1.87. The molecule has 0 unspecified atom stereocenters. The molecule has 0 atom stereocenters. The van der Waals surface area contributed by atoms with Crippen molar-refractivity contribution >= 4 is 17.7 Å². The van der Waals surface area contributed by atoms with Gasteiger partial charge in [-0.3, -0.25) is 4.99 Å². The number of guanidine groups is 1. The van der Waals surface area contributed by atoms with Crippen molar-refractivity contribution in [2.75, 3.05) is 31.6 Å². The zero-order valence-electron chi connectivity index (χ0n) is 14.5. The van der Waals surface area contributed by atoms with Gasteiger partial charge in [-0.1, -0.05) is 12.1 Å². The molecule has 1 aromatic carbocycles. The highest BCUT2D eigenvalue weighted by Crippen LogP contribution is 2.08. The molecule has 2 N–H and O–H groups in total. The smallest absolute Gasteiger partial charge is 0.191 e. The molecule has 0 aliphatic rings. The number of aromatic nitrogens is 2. The maximum atomic E-state index is 4.60. The molecule has 2 rings (SSSR count). The van der Waals surface area contributed by atoms with Crippen LogP contribution in [0.2, 0.25) is 0 Å². The first-order valence-electron chi connectivity index (χ1n) is 8.43. The molecule has 0 fully saturated rings. The second kappa shape index (κ2) is 10.8. The van der Waals surface area contributed by atoms with Crippen LogP contribution in [0, 0.1) is 0 Å². The molecule has 6 heteroatoms. The first kappa shape index (κ1) is 18.4. The van der Waals surface area contributed by atoms with Crippen molar-refractivity contribution in [2.24, 2.45) is 4.99 Å². The lowest BCUT2D eigenvalue weighted by Crippen LogP contribution is -2.38. The molecule has 0 spiro atoms. The molecule has 1 heterocycles. The summed E-state index contributed by atoms with van der Waals surface area (Å²) in [4.78, 5) is 4.60. The van der Waals surface area contributed by atoms with E-state index in [0.717, 1.165) is 49.9 Å². The van der Waals surface area contributed by atoms with Crippen LogP contribution in [0.3, 0.4) is 0 Å². The van der Waals surface area contributed by atoms with Gasteiger partial charge in [0.2, 0.25) is 0 Å². The third kappa shape index (κ3) is 6.28. The van der Waals surface area contributed by atoms with E-state index in [-0.39, 0.29) is 0 Å². The Morgan fingerprint density at radius 3 is 2.75 bits per heavy atom. The molecule has 0 bridgehead atoms. The Balaban J connectivity index is 1.78. The van der Waals surface area contributed by atoms with Crippen LogP contribution in [0.1, 0.15) is 18.9 Å². The number of thioether (sulfide) groups is 1. The zero-order valence-corrected chi connectivity index (χ0v) is 15.4. The van der Waals surface area contributed by atoms with Crippen LogP contribution in [0.4, 0.5) is 0 Å². The molecule has 24 heavy (non-hydrogen) atoms. The molecule has 130 valence electrons. The van der Waals surface area contributed by atoms with Crippen LogP contribution >= 0.6 is 11.8 Å². The average molecular weight is 346 g/mol. The second-order valence-electron chi connectivity index (χ2n) is 5.40. The number of aliphatic imine (C=N–C) groups is 1. The Kier molecular flexibility index (Phi) is 8.24. The first-order valence-corrected chi connectivity index (χ1v) is 9.83. The summed E-state index contributed by atoms with van der Waals surface area (Å²) in [5.41, 5.74) is 2.39. The van der Waals surface area contributed by atoms with Crippen molar-refractivity contribution in [1.82, 2.24) is 20.4 Å². The quantitative estimate of drug-likeness (QED) is 0.417. The van der Waals surface area contributed by atoms with E-state index in [1.165, 1.54) is 5.56 Å². The van der Waals surface area contributed by atoms with Crippen LogP contribution in [-0.4, -0.2) is 47.4 Å². The van der Waals surface area contributed by atoms with Gasteiger partial charge in [0.05, 0.1) is 5.69 Å². The van der Waals surface area contributed by atoms with Gasteiger partial charge in [-0.05, 0) is 55.5 Å². The molecule has 1 aromatic heterocycles. The van der Waals surface area contributed by atoms with E-state index < -0.39 is 0 Å². The monoisotopic (exact) mass is 345 g/mol. The number of nitrogens with one attached hydrogen (secondary N) is 2. The van der Waals surface area contributed by atoms with E-state index >= 15 is 0 Å². The van der Waals surface area contributed by atoms with Crippen LogP contribution in [-0.2, 0) is 6.42 Å². The SMILES string of the molecule is CCNC(=NCCCSC)NCCc1ccc(-n2cccn2)cc1. The molecule has 0 amide bonds. The number of nitrogens with zero attached hydrogens (tertiary/aromatic N) is 3. The summed E-state index contributed by atoms with van der Waals surface area (Å²) in [5.74, 6) is 2.07. The molecule has 0 aliphatic heterocycles. The second-order valence-corrected chi connectivity index (χ2v) is 6.39. The Morgan fingerprint density at radius 2 is 2.08 bits per heavy atom. The third-order valence-corrected chi connectivity index (χ3v) is 4.23. The molecule has 0 saturated carbocycles. The van der Waals surface area contributed by atoms with E-state index in [2.05, 4.69) is 58.2 Å². The maximum Gasteiger partial charge on any atom is 0.191 e. The summed E-state index contributed by atoms with van der Waals surface area (Å²) in [6, 6.07) is 10.4. The first-order chi connectivity index (χ1) is 11.8. The zero-order chi connectivity index (χ0) is 17.0. The highest BCUT2D eigenvalue weighted by molar-refractivity contribution is 7.98. The van der Waals surface area contributed by atoms with Crippen molar-refractivity contribution in [1.29, 1.82) is 0 Å². The van der Waals surface area contributed by atoms with E-state index in [9.17, 15) is 0 Å². The van der Waals surface area contributed by atoms with Crippen molar-refractivity contribution in [2.45, 2.75) is 19.8 Å². The van der Waals surface area contributed by atoms with Gasteiger partial charge in [0, 0.05) is 32.0 Å². The molecule has 5 nitrogen and oxygen atoms in total. The molecular formula is C18H27N5S. The van der Waals surface area contributed by atoms with Crippen LogP contribution < -0.4 is 10.6 Å². The molecule has 0 saturated heterocycles. The standard InChI is InChI=1S/C18H27N5S/c1-3-19-18(20-11-5-15-24-2)21-13-10-16-6-8-17(9-7-16)23-14-4-12-22-23/h4,6-9,12,14H,3,5,10-11,13,15H2,1-2H3,(H2,19,20,21). The fraction of sp³-hybridized carbons (Fsp3) is 0.444. The number of rotatable bonds is 9. The molecule has 0 radical (unpaired) electrons. The highest BCUT2D eigenvalue weighted by atomic mass is 32.2. The highest BCUT2D eigenvalue weighted by Gasteiger charge is 1.99. The summed E-state index contributed by atoms with van der Waals surface area (Å²) in [7, 11) is 0. The van der Waals surface area contributed by atoms with Crippen molar-refractivity contribution < 1.29 is 0 Å². The van der Waals surface area contributed by atoms with E-state index in [4.69, 9.17) is 0 Å². The maximum absolute atomic E-state index is 4.60. The van der Waals surface area contributed by atoms with Gasteiger partial charge in [-0.15, -0.1) is 0 Å². The van der Waals surface area contributed by atoms with Crippen LogP contribution in [0.5, 0.6) is 0 Å². The van der Waals surface area contributed by atoms with Gasteiger partial charge in [0.1, 0.15) is 0 Å². The predicted molar refractivity (Wildman–Crippen MR) is 104 cm³/mol. The van der Waals surface area contributed by atoms with E-state index in [1.807, 2.05) is 28.7 Å². The molecule has 2 aromatic rings. The van der Waals surface area contributed by atoms with E-state index in [1.54, 1.807) is 6.20 Å². The predicted octanol–water partition coefficient (Wildman–Crippen LogP) is 2.72. The van der Waals surface area contributed by atoms with Gasteiger partial charge in [-0.2, -0.15) is 16.9 Å². The van der Waals surface area contributed by atoms with Crippen LogP contribution in [0.25, 0.3) is 5.69 Å². The number of hydrogen-bond donors (Lipinski definition) is 2. The molecule has 0 aliphatic carbocycles. The fourth-order valence-corrected chi connectivity index (χ4v) is 2.72. The Labute approximate surface area is 148 Å². The summed E-state index contributed by atoms with van der Waals surface area (Å²) in [5, 5.41) is 10.9. The molecular weight excluding hydrogens is 318 g/mol. The third-order valence-electron chi connectivity index (χ3n) is 3.53. The lowest BCUT2D eigenvalue weighted by atomic mass is 10.1. The minimum atomic E-state index is 0.870. The van der Waals surface area contributed by atoms with Crippen molar-refractivity contribution in [3.05, 3.63) is 48.3 Å². The Bertz CT molecular complexity index is 592. The topological polar surface area (TPSA) is 54.2 Å².